The van der Waals surface area contributed by atoms with E-state index in [1.54, 1.807) is 6.92 Å². The lowest BCUT2D eigenvalue weighted by Gasteiger charge is -2.36. The van der Waals surface area contributed by atoms with Crippen LogP contribution in [0.15, 0.2) is 16.2 Å². The second kappa shape index (κ2) is 5.83. The summed E-state index contributed by atoms with van der Waals surface area (Å²) in [6.07, 6.45) is 3.55. The van der Waals surface area contributed by atoms with Crippen LogP contribution in [0.3, 0.4) is 0 Å². The first-order valence-corrected chi connectivity index (χ1v) is 9.27. The molecule has 3 heterocycles. The van der Waals surface area contributed by atoms with Crippen molar-refractivity contribution < 1.29 is 0 Å². The summed E-state index contributed by atoms with van der Waals surface area (Å²) in [5.41, 5.74) is 2.83. The van der Waals surface area contributed by atoms with Gasteiger partial charge in [-0.2, -0.15) is 10.4 Å². The molecule has 6 heteroatoms. The molecule has 0 amide bonds. The van der Waals surface area contributed by atoms with Crippen molar-refractivity contribution in [2.24, 2.45) is 5.92 Å². The molecule has 1 fully saturated rings. The molecule has 0 spiro atoms. The highest BCUT2D eigenvalue weighted by Gasteiger charge is 2.40. The summed E-state index contributed by atoms with van der Waals surface area (Å²) >= 11 is 1.84. The number of aryl methyl sites for hydroxylation is 1. The van der Waals surface area contributed by atoms with E-state index in [1.165, 1.54) is 28.0 Å². The maximum Gasteiger partial charge on any atom is 0.286 e. The first-order valence-electron chi connectivity index (χ1n) is 8.39. The maximum absolute atomic E-state index is 12.6. The van der Waals surface area contributed by atoms with Crippen molar-refractivity contribution in [3.05, 3.63) is 49.1 Å². The van der Waals surface area contributed by atoms with Crippen LogP contribution in [-0.2, 0) is 13.1 Å². The van der Waals surface area contributed by atoms with E-state index in [4.69, 9.17) is 0 Å². The number of hydrogen-bond acceptors (Lipinski definition) is 5. The van der Waals surface area contributed by atoms with Gasteiger partial charge < -0.3 is 0 Å². The fourth-order valence-electron chi connectivity index (χ4n) is 3.69. The van der Waals surface area contributed by atoms with Crippen LogP contribution in [0.25, 0.3) is 0 Å². The molecule has 124 valence electrons. The smallest absolute Gasteiger partial charge is 0.277 e. The Hall–Kier alpha value is -1.97. The Morgan fingerprint density at radius 2 is 2.21 bits per heavy atom. The summed E-state index contributed by atoms with van der Waals surface area (Å²) in [5, 5.41) is 15.9. The molecule has 5 nitrogen and oxygen atoms in total. The molecule has 2 aromatic heterocycles. The van der Waals surface area contributed by atoms with Gasteiger partial charge in [-0.1, -0.05) is 0 Å². The number of aromatic nitrogens is 2. The normalized spacial score (nSPS) is 20.6. The third-order valence-electron chi connectivity index (χ3n) is 5.25. The largest absolute Gasteiger partial charge is 0.286 e. The number of hydrogen-bond donors (Lipinski definition) is 0. The predicted octanol–water partition coefficient (Wildman–Crippen LogP) is 2.76. The second-order valence-electron chi connectivity index (χ2n) is 6.79. The Kier molecular flexibility index (Phi) is 3.78. The number of nitrogens with zero attached hydrogens (tertiary/aromatic N) is 4. The molecule has 0 saturated heterocycles. The lowest BCUT2D eigenvalue weighted by atomic mass is 9.96. The third-order valence-corrected chi connectivity index (χ3v) is 6.25. The van der Waals surface area contributed by atoms with Crippen molar-refractivity contribution in [1.29, 1.82) is 5.26 Å². The minimum absolute atomic E-state index is 0.221. The second-order valence-corrected chi connectivity index (χ2v) is 7.79. The van der Waals surface area contributed by atoms with Crippen molar-refractivity contribution in [1.82, 2.24) is 14.7 Å². The van der Waals surface area contributed by atoms with Crippen molar-refractivity contribution >= 4 is 11.3 Å². The molecule has 2 aliphatic rings. The van der Waals surface area contributed by atoms with Crippen LogP contribution < -0.4 is 5.56 Å². The first kappa shape index (κ1) is 15.6. The van der Waals surface area contributed by atoms with E-state index in [0.717, 1.165) is 18.7 Å². The zero-order chi connectivity index (χ0) is 16.8. The Morgan fingerprint density at radius 3 is 2.92 bits per heavy atom. The van der Waals surface area contributed by atoms with E-state index in [2.05, 4.69) is 21.4 Å². The zero-order valence-corrected chi connectivity index (χ0v) is 14.8. The van der Waals surface area contributed by atoms with Crippen LogP contribution in [0.5, 0.6) is 0 Å². The molecule has 0 radical (unpaired) electrons. The van der Waals surface area contributed by atoms with Crippen LogP contribution in [-0.4, -0.2) is 21.2 Å². The third kappa shape index (κ3) is 2.48. The van der Waals surface area contributed by atoms with E-state index in [9.17, 15) is 10.1 Å². The maximum atomic E-state index is 12.6. The van der Waals surface area contributed by atoms with Gasteiger partial charge in [0.05, 0.1) is 12.4 Å². The number of nitriles is 1. The first-order chi connectivity index (χ1) is 11.6. The Balaban J connectivity index is 1.70. The highest BCUT2D eigenvalue weighted by Crippen LogP contribution is 2.48. The van der Waals surface area contributed by atoms with Gasteiger partial charge in [-0.25, -0.2) is 4.68 Å². The molecule has 0 bridgehead atoms. The molecular formula is C18H20N4OS. The van der Waals surface area contributed by atoms with E-state index >= 15 is 0 Å². The van der Waals surface area contributed by atoms with Crippen LogP contribution in [0, 0.1) is 31.1 Å². The van der Waals surface area contributed by atoms with Gasteiger partial charge in [0.15, 0.2) is 0 Å². The summed E-state index contributed by atoms with van der Waals surface area (Å²) in [6.45, 7) is 5.05. The molecule has 0 N–H and O–H groups in total. The van der Waals surface area contributed by atoms with Crippen LogP contribution >= 0.6 is 11.3 Å². The predicted molar refractivity (Wildman–Crippen MR) is 92.9 cm³/mol. The monoisotopic (exact) mass is 340 g/mol. The summed E-state index contributed by atoms with van der Waals surface area (Å²) in [7, 11) is 0. The molecule has 24 heavy (non-hydrogen) atoms. The van der Waals surface area contributed by atoms with E-state index in [1.807, 2.05) is 24.3 Å². The quantitative estimate of drug-likeness (QED) is 0.862. The SMILES string of the molecule is Cc1nn(CN2CCc3sccc3[C@@H]2C2CC2)c(=O)c(C#N)c1C. The van der Waals surface area contributed by atoms with Crippen molar-refractivity contribution in [2.75, 3.05) is 6.54 Å². The summed E-state index contributed by atoms with van der Waals surface area (Å²) in [5.74, 6) is 0.691. The van der Waals surface area contributed by atoms with Crippen molar-refractivity contribution in [3.8, 4) is 6.07 Å². The highest BCUT2D eigenvalue weighted by molar-refractivity contribution is 7.10. The van der Waals surface area contributed by atoms with Crippen LogP contribution in [0.4, 0.5) is 0 Å². The van der Waals surface area contributed by atoms with Crippen molar-refractivity contribution in [3.63, 3.8) is 0 Å². The topological polar surface area (TPSA) is 61.9 Å². The minimum atomic E-state index is -0.272. The van der Waals surface area contributed by atoms with E-state index < -0.39 is 0 Å². The van der Waals surface area contributed by atoms with Gasteiger partial charge >= 0.3 is 0 Å². The van der Waals surface area contributed by atoms with Gasteiger partial charge in [-0.15, -0.1) is 11.3 Å². The molecule has 1 saturated carbocycles. The molecule has 4 rings (SSSR count). The number of rotatable bonds is 3. The lowest BCUT2D eigenvalue weighted by molar-refractivity contribution is 0.115. The Morgan fingerprint density at radius 1 is 1.42 bits per heavy atom. The van der Waals surface area contributed by atoms with Crippen LogP contribution in [0.2, 0.25) is 0 Å². The zero-order valence-electron chi connectivity index (χ0n) is 14.0. The average Bonchev–Trinajstić information content (AvgIpc) is 3.29. The van der Waals surface area contributed by atoms with Gasteiger partial charge in [0.1, 0.15) is 11.6 Å². The Bertz CT molecular complexity index is 887. The van der Waals surface area contributed by atoms with E-state index in [-0.39, 0.29) is 11.1 Å². The summed E-state index contributed by atoms with van der Waals surface area (Å²) in [6, 6.07) is 4.68. The number of thiophene rings is 1. The fourth-order valence-corrected chi connectivity index (χ4v) is 4.61. The minimum Gasteiger partial charge on any atom is -0.277 e. The molecule has 2 aromatic rings. The summed E-state index contributed by atoms with van der Waals surface area (Å²) in [4.78, 5) is 16.4. The fraction of sp³-hybridized carbons (Fsp3) is 0.500. The average molecular weight is 340 g/mol. The molecule has 1 atom stereocenters. The van der Waals surface area contributed by atoms with Gasteiger partial charge in [0.25, 0.3) is 5.56 Å². The van der Waals surface area contributed by atoms with Gasteiger partial charge in [0.2, 0.25) is 0 Å². The summed E-state index contributed by atoms with van der Waals surface area (Å²) < 4.78 is 1.48. The van der Waals surface area contributed by atoms with Crippen LogP contribution in [0.1, 0.15) is 46.1 Å². The van der Waals surface area contributed by atoms with Gasteiger partial charge in [0, 0.05) is 17.5 Å². The lowest BCUT2D eigenvalue weighted by Crippen LogP contribution is -2.41. The van der Waals surface area contributed by atoms with Gasteiger partial charge in [-0.3, -0.25) is 9.69 Å². The standard InChI is InChI=1S/C18H20N4OS/c1-11-12(2)20-22(18(23)15(11)9-19)10-21-7-5-16-14(6-8-24-16)17(21)13-3-4-13/h6,8,13,17H,3-5,7,10H2,1-2H3/t17-/m0/s1. The Labute approximate surface area is 145 Å². The van der Waals surface area contributed by atoms with E-state index in [0.29, 0.717) is 24.2 Å². The van der Waals surface area contributed by atoms with Crippen molar-refractivity contribution in [2.45, 2.75) is 45.8 Å². The molecule has 0 unspecified atom stereocenters. The molecule has 1 aliphatic heterocycles. The number of fused-ring (bicyclic) bond motifs is 1. The van der Waals surface area contributed by atoms with Gasteiger partial charge in [-0.05, 0) is 61.6 Å². The molecule has 1 aliphatic carbocycles. The molecule has 0 aromatic carbocycles. The molecular weight excluding hydrogens is 320 g/mol. The highest BCUT2D eigenvalue weighted by atomic mass is 32.1.